The van der Waals surface area contributed by atoms with Gasteiger partial charge in [-0.2, -0.15) is 0 Å². The van der Waals surface area contributed by atoms with Crippen molar-refractivity contribution in [3.63, 3.8) is 0 Å². The second-order valence-corrected chi connectivity index (χ2v) is 3.45. The van der Waals surface area contributed by atoms with Gasteiger partial charge < -0.3 is 5.73 Å². The predicted octanol–water partition coefficient (Wildman–Crippen LogP) is 1.21. The molecule has 2 rings (SSSR count). The van der Waals surface area contributed by atoms with Gasteiger partial charge in [-0.25, -0.2) is 4.68 Å². The number of hydrogen-bond donors (Lipinski definition) is 1. The molecule has 1 heterocycles. The smallest absolute Gasteiger partial charge is 0.0888 e. The fraction of sp³-hybridized carbons (Fsp3) is 0.273. The quantitative estimate of drug-likeness (QED) is 0.814. The molecule has 0 bridgehead atoms. The fourth-order valence-electron chi connectivity index (χ4n) is 1.61. The van der Waals surface area contributed by atoms with Crippen LogP contribution in [0.3, 0.4) is 0 Å². The van der Waals surface area contributed by atoms with Gasteiger partial charge in [-0.1, -0.05) is 29.5 Å². The van der Waals surface area contributed by atoms with Crippen LogP contribution >= 0.6 is 0 Å². The molecule has 4 nitrogen and oxygen atoms in total. The number of benzene rings is 1. The number of nitrogens with zero attached hydrogens (tertiary/aromatic N) is 3. The van der Waals surface area contributed by atoms with E-state index in [2.05, 4.69) is 29.4 Å². The molecule has 0 aliphatic heterocycles. The Morgan fingerprint density at radius 3 is 2.87 bits per heavy atom. The number of aryl methyl sites for hydroxylation is 1. The van der Waals surface area contributed by atoms with E-state index in [9.17, 15) is 0 Å². The van der Waals surface area contributed by atoms with Crippen LogP contribution in [0.25, 0.3) is 11.3 Å². The van der Waals surface area contributed by atoms with Crippen molar-refractivity contribution in [3.05, 3.63) is 36.0 Å². The van der Waals surface area contributed by atoms with Crippen molar-refractivity contribution in [1.29, 1.82) is 0 Å². The van der Waals surface area contributed by atoms with Crippen LogP contribution in [-0.4, -0.2) is 21.5 Å². The highest BCUT2D eigenvalue weighted by molar-refractivity contribution is 5.62. The third-order valence-corrected chi connectivity index (χ3v) is 2.38. The highest BCUT2D eigenvalue weighted by Crippen LogP contribution is 2.21. The maximum Gasteiger partial charge on any atom is 0.0888 e. The molecular weight excluding hydrogens is 188 g/mol. The molecule has 0 spiro atoms. The molecule has 1 aromatic heterocycles. The predicted molar refractivity (Wildman–Crippen MR) is 59.2 cm³/mol. The van der Waals surface area contributed by atoms with Crippen LogP contribution in [0.15, 0.2) is 30.5 Å². The summed E-state index contributed by atoms with van der Waals surface area (Å²) in [4.78, 5) is 0. The van der Waals surface area contributed by atoms with E-state index in [0.717, 1.165) is 11.3 Å². The van der Waals surface area contributed by atoms with E-state index in [4.69, 9.17) is 5.73 Å². The van der Waals surface area contributed by atoms with Crippen molar-refractivity contribution in [2.45, 2.75) is 13.5 Å². The Morgan fingerprint density at radius 1 is 1.33 bits per heavy atom. The maximum absolute atomic E-state index is 5.52. The molecule has 0 unspecified atom stereocenters. The zero-order valence-electron chi connectivity index (χ0n) is 8.72. The lowest BCUT2D eigenvalue weighted by Crippen LogP contribution is -2.12. The first-order valence-corrected chi connectivity index (χ1v) is 4.97. The summed E-state index contributed by atoms with van der Waals surface area (Å²) in [5, 5.41) is 7.93. The van der Waals surface area contributed by atoms with Gasteiger partial charge in [0.25, 0.3) is 0 Å². The van der Waals surface area contributed by atoms with Crippen LogP contribution in [0.2, 0.25) is 0 Å². The highest BCUT2D eigenvalue weighted by atomic mass is 15.4. The minimum Gasteiger partial charge on any atom is -0.329 e. The van der Waals surface area contributed by atoms with Crippen molar-refractivity contribution in [3.8, 4) is 11.3 Å². The second-order valence-electron chi connectivity index (χ2n) is 3.45. The summed E-state index contributed by atoms with van der Waals surface area (Å²) < 4.78 is 1.84. The first-order valence-electron chi connectivity index (χ1n) is 4.97. The Kier molecular flexibility index (Phi) is 2.78. The summed E-state index contributed by atoms with van der Waals surface area (Å²) in [6.45, 7) is 3.35. The third kappa shape index (κ3) is 1.89. The van der Waals surface area contributed by atoms with Crippen LogP contribution in [0.5, 0.6) is 0 Å². The first kappa shape index (κ1) is 9.86. The Hall–Kier alpha value is -1.68. The van der Waals surface area contributed by atoms with Crippen LogP contribution in [-0.2, 0) is 6.54 Å². The van der Waals surface area contributed by atoms with Gasteiger partial charge in [-0.05, 0) is 12.5 Å². The lowest BCUT2D eigenvalue weighted by molar-refractivity contribution is 0.603. The Labute approximate surface area is 88.7 Å². The van der Waals surface area contributed by atoms with Crippen molar-refractivity contribution in [2.75, 3.05) is 6.54 Å². The molecule has 1 aromatic carbocycles. The maximum atomic E-state index is 5.52. The van der Waals surface area contributed by atoms with Gasteiger partial charge in [0.15, 0.2) is 0 Å². The van der Waals surface area contributed by atoms with E-state index >= 15 is 0 Å². The average molecular weight is 202 g/mol. The average Bonchev–Trinajstić information content (AvgIpc) is 2.67. The molecule has 0 saturated carbocycles. The molecule has 0 amide bonds. The van der Waals surface area contributed by atoms with Crippen LogP contribution < -0.4 is 5.73 Å². The fourth-order valence-corrected chi connectivity index (χ4v) is 1.61. The van der Waals surface area contributed by atoms with Crippen molar-refractivity contribution < 1.29 is 0 Å². The molecule has 0 atom stereocenters. The standard InChI is InChI=1S/C11H14N4/c1-9-4-2-3-5-10(9)11-8-13-14-15(11)7-6-12/h2-5,8H,6-7,12H2,1H3. The van der Waals surface area contributed by atoms with Gasteiger partial charge in [0.2, 0.25) is 0 Å². The lowest BCUT2D eigenvalue weighted by Gasteiger charge is -2.06. The molecule has 4 heteroatoms. The first-order chi connectivity index (χ1) is 7.33. The molecule has 0 saturated heterocycles. The largest absolute Gasteiger partial charge is 0.329 e. The van der Waals surface area contributed by atoms with Gasteiger partial charge in [-0.15, -0.1) is 5.10 Å². The normalized spacial score (nSPS) is 10.5. The summed E-state index contributed by atoms with van der Waals surface area (Å²) in [6, 6.07) is 8.19. The minimum absolute atomic E-state index is 0.572. The summed E-state index contributed by atoms with van der Waals surface area (Å²) in [6.07, 6.45) is 1.78. The zero-order chi connectivity index (χ0) is 10.7. The molecule has 0 radical (unpaired) electrons. The van der Waals surface area contributed by atoms with E-state index in [1.165, 1.54) is 5.56 Å². The second kappa shape index (κ2) is 4.23. The number of hydrogen-bond acceptors (Lipinski definition) is 3. The summed E-state index contributed by atoms with van der Waals surface area (Å²) in [7, 11) is 0. The van der Waals surface area contributed by atoms with E-state index in [1.54, 1.807) is 6.20 Å². The van der Waals surface area contributed by atoms with Crippen LogP contribution in [0, 0.1) is 6.92 Å². The number of nitrogens with two attached hydrogens (primary N) is 1. The molecule has 15 heavy (non-hydrogen) atoms. The molecule has 0 aliphatic carbocycles. The topological polar surface area (TPSA) is 56.7 Å². The molecule has 2 aromatic rings. The molecule has 0 fully saturated rings. The van der Waals surface area contributed by atoms with Gasteiger partial charge >= 0.3 is 0 Å². The van der Waals surface area contributed by atoms with E-state index in [0.29, 0.717) is 13.1 Å². The number of rotatable bonds is 3. The minimum atomic E-state index is 0.572. The van der Waals surface area contributed by atoms with E-state index in [1.807, 2.05) is 16.8 Å². The Balaban J connectivity index is 2.45. The summed E-state index contributed by atoms with van der Waals surface area (Å²) in [5.74, 6) is 0. The summed E-state index contributed by atoms with van der Waals surface area (Å²) >= 11 is 0. The highest BCUT2D eigenvalue weighted by Gasteiger charge is 2.07. The van der Waals surface area contributed by atoms with Gasteiger partial charge in [0.1, 0.15) is 0 Å². The van der Waals surface area contributed by atoms with Crippen LogP contribution in [0.4, 0.5) is 0 Å². The molecular formula is C11H14N4. The SMILES string of the molecule is Cc1ccccc1-c1cnnn1CCN. The van der Waals surface area contributed by atoms with Crippen LogP contribution in [0.1, 0.15) is 5.56 Å². The lowest BCUT2D eigenvalue weighted by atomic mass is 10.1. The van der Waals surface area contributed by atoms with E-state index in [-0.39, 0.29) is 0 Å². The van der Waals surface area contributed by atoms with Gasteiger partial charge in [0.05, 0.1) is 18.4 Å². The number of aromatic nitrogens is 3. The van der Waals surface area contributed by atoms with Crippen molar-refractivity contribution in [2.24, 2.45) is 5.73 Å². The molecule has 0 aliphatic rings. The van der Waals surface area contributed by atoms with Gasteiger partial charge in [0, 0.05) is 12.1 Å². The third-order valence-electron chi connectivity index (χ3n) is 2.38. The Bertz CT molecular complexity index is 447. The Morgan fingerprint density at radius 2 is 2.13 bits per heavy atom. The molecule has 78 valence electrons. The zero-order valence-corrected chi connectivity index (χ0v) is 8.72. The van der Waals surface area contributed by atoms with E-state index < -0.39 is 0 Å². The molecule has 2 N–H and O–H groups in total. The summed E-state index contributed by atoms with van der Waals surface area (Å²) in [5.41, 5.74) is 8.93. The van der Waals surface area contributed by atoms with Crippen molar-refractivity contribution >= 4 is 0 Å². The monoisotopic (exact) mass is 202 g/mol. The van der Waals surface area contributed by atoms with Crippen molar-refractivity contribution in [1.82, 2.24) is 15.0 Å². The van der Waals surface area contributed by atoms with Gasteiger partial charge in [-0.3, -0.25) is 0 Å².